The molecule has 1 saturated heterocycles. The molecule has 0 radical (unpaired) electrons. The Bertz CT molecular complexity index is 209. The SMILES string of the molecule is CN(C(=O)NC1CC1)C1CCNCC1. The Hall–Kier alpha value is -0.770. The molecule has 0 spiro atoms. The Morgan fingerprint density at radius 3 is 2.50 bits per heavy atom. The third-order valence-corrected chi connectivity index (χ3v) is 3.08. The number of hydrogen-bond acceptors (Lipinski definition) is 2. The lowest BCUT2D eigenvalue weighted by Crippen LogP contribution is -2.48. The van der Waals surface area contributed by atoms with E-state index in [1.165, 1.54) is 0 Å². The lowest BCUT2D eigenvalue weighted by atomic mass is 10.1. The van der Waals surface area contributed by atoms with Crippen LogP contribution in [-0.4, -0.2) is 43.2 Å². The molecular weight excluding hydrogens is 178 g/mol. The van der Waals surface area contributed by atoms with Gasteiger partial charge in [0.1, 0.15) is 0 Å². The monoisotopic (exact) mass is 197 g/mol. The van der Waals surface area contributed by atoms with Gasteiger partial charge < -0.3 is 15.5 Å². The van der Waals surface area contributed by atoms with Crippen LogP contribution in [0.25, 0.3) is 0 Å². The molecule has 14 heavy (non-hydrogen) atoms. The second kappa shape index (κ2) is 4.17. The highest BCUT2D eigenvalue weighted by molar-refractivity contribution is 5.74. The van der Waals surface area contributed by atoms with Crippen molar-refractivity contribution in [2.45, 2.75) is 37.8 Å². The van der Waals surface area contributed by atoms with E-state index in [1.54, 1.807) is 0 Å². The highest BCUT2D eigenvalue weighted by atomic mass is 16.2. The summed E-state index contributed by atoms with van der Waals surface area (Å²) in [4.78, 5) is 13.6. The van der Waals surface area contributed by atoms with E-state index in [4.69, 9.17) is 0 Å². The maximum Gasteiger partial charge on any atom is 0.317 e. The maximum absolute atomic E-state index is 11.7. The minimum atomic E-state index is 0.111. The molecular formula is C10H19N3O. The molecule has 0 atom stereocenters. The summed E-state index contributed by atoms with van der Waals surface area (Å²) in [6.45, 7) is 2.07. The molecule has 0 aromatic carbocycles. The summed E-state index contributed by atoms with van der Waals surface area (Å²) >= 11 is 0. The van der Waals surface area contributed by atoms with E-state index < -0.39 is 0 Å². The zero-order chi connectivity index (χ0) is 9.97. The van der Waals surface area contributed by atoms with Gasteiger partial charge in [0, 0.05) is 19.1 Å². The number of piperidine rings is 1. The van der Waals surface area contributed by atoms with Crippen molar-refractivity contribution >= 4 is 6.03 Å². The first kappa shape index (κ1) is 9.77. The number of rotatable bonds is 2. The van der Waals surface area contributed by atoms with Gasteiger partial charge in [-0.2, -0.15) is 0 Å². The Labute approximate surface area is 85.0 Å². The van der Waals surface area contributed by atoms with Crippen molar-refractivity contribution in [1.29, 1.82) is 0 Å². The van der Waals surface area contributed by atoms with E-state index in [9.17, 15) is 4.79 Å². The molecule has 2 aliphatic rings. The molecule has 0 unspecified atom stereocenters. The third kappa shape index (κ3) is 2.38. The van der Waals surface area contributed by atoms with Crippen molar-refractivity contribution < 1.29 is 4.79 Å². The molecule has 2 fully saturated rings. The molecule has 1 aliphatic carbocycles. The highest BCUT2D eigenvalue weighted by Gasteiger charge is 2.27. The number of nitrogens with one attached hydrogen (secondary N) is 2. The number of carbonyl (C=O) groups excluding carboxylic acids is 1. The Balaban J connectivity index is 1.78. The summed E-state index contributed by atoms with van der Waals surface area (Å²) in [5.74, 6) is 0. The quantitative estimate of drug-likeness (QED) is 0.678. The molecule has 2 rings (SSSR count). The molecule has 1 saturated carbocycles. The minimum Gasteiger partial charge on any atom is -0.335 e. The topological polar surface area (TPSA) is 44.4 Å². The number of hydrogen-bond donors (Lipinski definition) is 2. The second-order valence-corrected chi connectivity index (χ2v) is 4.32. The van der Waals surface area contributed by atoms with Crippen LogP contribution in [-0.2, 0) is 0 Å². The van der Waals surface area contributed by atoms with Crippen LogP contribution < -0.4 is 10.6 Å². The van der Waals surface area contributed by atoms with Crippen LogP contribution >= 0.6 is 0 Å². The van der Waals surface area contributed by atoms with Crippen LogP contribution in [0.1, 0.15) is 25.7 Å². The van der Waals surface area contributed by atoms with Crippen LogP contribution in [0.2, 0.25) is 0 Å². The van der Waals surface area contributed by atoms with Gasteiger partial charge in [0.2, 0.25) is 0 Å². The van der Waals surface area contributed by atoms with Crippen molar-refractivity contribution in [3.05, 3.63) is 0 Å². The van der Waals surface area contributed by atoms with E-state index in [0.717, 1.165) is 38.8 Å². The van der Waals surface area contributed by atoms with Gasteiger partial charge in [0.15, 0.2) is 0 Å². The lowest BCUT2D eigenvalue weighted by Gasteiger charge is -2.31. The molecule has 1 aliphatic heterocycles. The smallest absolute Gasteiger partial charge is 0.317 e. The highest BCUT2D eigenvalue weighted by Crippen LogP contribution is 2.19. The average molecular weight is 197 g/mol. The predicted octanol–water partition coefficient (Wildman–Crippen LogP) is 0.542. The molecule has 1 heterocycles. The van der Waals surface area contributed by atoms with Crippen LogP contribution in [0.4, 0.5) is 4.79 Å². The standard InChI is InChI=1S/C10H19N3O/c1-13(9-4-6-11-7-5-9)10(14)12-8-2-3-8/h8-9,11H,2-7H2,1H3,(H,12,14). The van der Waals surface area contributed by atoms with Gasteiger partial charge in [-0.15, -0.1) is 0 Å². The summed E-state index contributed by atoms with van der Waals surface area (Å²) in [6, 6.07) is 1.00. The Kier molecular flexibility index (Phi) is 2.91. The molecule has 0 aromatic heterocycles. The Morgan fingerprint density at radius 1 is 1.29 bits per heavy atom. The molecule has 0 bridgehead atoms. The maximum atomic E-state index is 11.7. The zero-order valence-electron chi connectivity index (χ0n) is 8.75. The van der Waals surface area contributed by atoms with Crippen molar-refractivity contribution in [3.63, 3.8) is 0 Å². The van der Waals surface area contributed by atoms with Gasteiger partial charge in [-0.05, 0) is 38.8 Å². The van der Waals surface area contributed by atoms with Crippen molar-refractivity contribution in [3.8, 4) is 0 Å². The zero-order valence-corrected chi connectivity index (χ0v) is 8.75. The lowest BCUT2D eigenvalue weighted by molar-refractivity contribution is 0.176. The van der Waals surface area contributed by atoms with E-state index in [1.807, 2.05) is 11.9 Å². The van der Waals surface area contributed by atoms with Gasteiger partial charge in [-0.3, -0.25) is 0 Å². The third-order valence-electron chi connectivity index (χ3n) is 3.08. The first-order valence-electron chi connectivity index (χ1n) is 5.51. The molecule has 0 aromatic rings. The average Bonchev–Trinajstić information content (AvgIpc) is 3.02. The number of urea groups is 1. The molecule has 80 valence electrons. The van der Waals surface area contributed by atoms with Crippen molar-refractivity contribution in [2.75, 3.05) is 20.1 Å². The molecule has 2 N–H and O–H groups in total. The van der Waals surface area contributed by atoms with Crippen LogP contribution in [0.5, 0.6) is 0 Å². The number of nitrogens with zero attached hydrogens (tertiary/aromatic N) is 1. The van der Waals surface area contributed by atoms with E-state index in [0.29, 0.717) is 12.1 Å². The van der Waals surface area contributed by atoms with E-state index in [2.05, 4.69) is 10.6 Å². The van der Waals surface area contributed by atoms with Gasteiger partial charge in [0.25, 0.3) is 0 Å². The first-order valence-corrected chi connectivity index (χ1v) is 5.51. The minimum absolute atomic E-state index is 0.111. The fraction of sp³-hybridized carbons (Fsp3) is 0.900. The fourth-order valence-electron chi connectivity index (χ4n) is 1.86. The largest absolute Gasteiger partial charge is 0.335 e. The van der Waals surface area contributed by atoms with Crippen molar-refractivity contribution in [1.82, 2.24) is 15.5 Å². The second-order valence-electron chi connectivity index (χ2n) is 4.32. The fourth-order valence-corrected chi connectivity index (χ4v) is 1.86. The Morgan fingerprint density at radius 2 is 1.93 bits per heavy atom. The molecule has 4 heteroatoms. The van der Waals surface area contributed by atoms with Gasteiger partial charge in [0.05, 0.1) is 0 Å². The van der Waals surface area contributed by atoms with Crippen LogP contribution in [0, 0.1) is 0 Å². The number of amides is 2. The van der Waals surface area contributed by atoms with Crippen LogP contribution in [0.3, 0.4) is 0 Å². The summed E-state index contributed by atoms with van der Waals surface area (Å²) in [5, 5.41) is 6.32. The summed E-state index contributed by atoms with van der Waals surface area (Å²) in [6.07, 6.45) is 4.47. The van der Waals surface area contributed by atoms with Crippen molar-refractivity contribution in [2.24, 2.45) is 0 Å². The molecule has 2 amide bonds. The van der Waals surface area contributed by atoms with Crippen LogP contribution in [0.15, 0.2) is 0 Å². The van der Waals surface area contributed by atoms with Gasteiger partial charge >= 0.3 is 6.03 Å². The summed E-state index contributed by atoms with van der Waals surface area (Å²) in [7, 11) is 1.91. The normalized spacial score (nSPS) is 23.2. The van der Waals surface area contributed by atoms with E-state index in [-0.39, 0.29) is 6.03 Å². The summed E-state index contributed by atoms with van der Waals surface area (Å²) in [5.41, 5.74) is 0. The summed E-state index contributed by atoms with van der Waals surface area (Å²) < 4.78 is 0. The number of carbonyl (C=O) groups is 1. The molecule has 4 nitrogen and oxygen atoms in total. The van der Waals surface area contributed by atoms with E-state index >= 15 is 0 Å². The van der Waals surface area contributed by atoms with Gasteiger partial charge in [-0.25, -0.2) is 4.79 Å². The first-order chi connectivity index (χ1) is 6.77. The predicted molar refractivity (Wildman–Crippen MR) is 55.2 cm³/mol. The van der Waals surface area contributed by atoms with Gasteiger partial charge in [-0.1, -0.05) is 0 Å².